The molecule has 1 amide bonds. The van der Waals surface area contributed by atoms with E-state index in [0.717, 1.165) is 0 Å². The van der Waals surface area contributed by atoms with Gasteiger partial charge in [0.2, 0.25) is 5.95 Å². The molecule has 2 heterocycles. The predicted octanol–water partition coefficient (Wildman–Crippen LogP) is -0.00440. The van der Waals surface area contributed by atoms with E-state index in [1.165, 1.54) is 17.0 Å². The molecule has 0 unspecified atom stereocenters. The number of imidazole rings is 2. The van der Waals surface area contributed by atoms with Gasteiger partial charge in [-0.3, -0.25) is 4.57 Å². The summed E-state index contributed by atoms with van der Waals surface area (Å²) in [6.07, 6.45) is 7.82. The van der Waals surface area contributed by atoms with Crippen molar-refractivity contribution < 1.29 is 4.79 Å². The number of carbonyl (C=O) groups excluding carboxylic acids is 1. The Bertz CT molecular complexity index is 416. The van der Waals surface area contributed by atoms with E-state index in [0.29, 0.717) is 5.95 Å². The molecular formula is C7H7N5O. The minimum Gasteiger partial charge on any atom is -0.351 e. The van der Waals surface area contributed by atoms with Crippen LogP contribution in [-0.4, -0.2) is 25.1 Å². The van der Waals surface area contributed by atoms with Gasteiger partial charge in [-0.05, 0) is 0 Å². The van der Waals surface area contributed by atoms with Crippen molar-refractivity contribution in [3.8, 4) is 5.95 Å². The number of amides is 1. The summed E-state index contributed by atoms with van der Waals surface area (Å²) in [7, 11) is 0. The number of hydrogen-bond acceptors (Lipinski definition) is 3. The van der Waals surface area contributed by atoms with Crippen LogP contribution < -0.4 is 5.73 Å². The van der Waals surface area contributed by atoms with Gasteiger partial charge in [0.25, 0.3) is 0 Å². The lowest BCUT2D eigenvalue weighted by Gasteiger charge is -2.01. The quantitative estimate of drug-likeness (QED) is 0.665. The van der Waals surface area contributed by atoms with Crippen LogP contribution in [0, 0.1) is 0 Å². The van der Waals surface area contributed by atoms with E-state index in [4.69, 9.17) is 5.73 Å². The van der Waals surface area contributed by atoms with Crippen molar-refractivity contribution in [2.45, 2.75) is 0 Å². The molecule has 0 saturated heterocycles. The molecule has 66 valence electrons. The molecule has 0 radical (unpaired) electrons. The highest BCUT2D eigenvalue weighted by Gasteiger charge is 2.07. The third-order valence-electron chi connectivity index (χ3n) is 1.59. The molecular weight excluding hydrogens is 170 g/mol. The topological polar surface area (TPSA) is 78.7 Å². The molecule has 0 atom stereocenters. The highest BCUT2D eigenvalue weighted by atomic mass is 16.2. The molecule has 2 rings (SSSR count). The van der Waals surface area contributed by atoms with Crippen molar-refractivity contribution in [1.29, 1.82) is 0 Å². The van der Waals surface area contributed by atoms with Crippen LogP contribution in [0.15, 0.2) is 31.1 Å². The van der Waals surface area contributed by atoms with E-state index in [-0.39, 0.29) is 0 Å². The van der Waals surface area contributed by atoms with E-state index in [1.54, 1.807) is 23.3 Å². The predicted molar refractivity (Wildman–Crippen MR) is 44.3 cm³/mol. The SMILES string of the molecule is NC(=O)n1ccnc1-n1ccnc1. The third kappa shape index (κ3) is 1.18. The Balaban J connectivity index is 2.52. The Morgan fingerprint density at radius 2 is 2.23 bits per heavy atom. The van der Waals surface area contributed by atoms with Gasteiger partial charge in [-0.1, -0.05) is 0 Å². The molecule has 0 aliphatic heterocycles. The highest BCUT2D eigenvalue weighted by molar-refractivity contribution is 5.76. The average molecular weight is 177 g/mol. The van der Waals surface area contributed by atoms with E-state index in [9.17, 15) is 4.79 Å². The van der Waals surface area contributed by atoms with Crippen molar-refractivity contribution in [2.24, 2.45) is 5.73 Å². The number of nitrogens with two attached hydrogens (primary N) is 1. The Kier molecular flexibility index (Phi) is 1.59. The van der Waals surface area contributed by atoms with Gasteiger partial charge in [0.05, 0.1) is 0 Å². The number of carbonyl (C=O) groups is 1. The summed E-state index contributed by atoms with van der Waals surface area (Å²) >= 11 is 0. The number of hydrogen-bond donors (Lipinski definition) is 1. The Morgan fingerprint density at radius 1 is 1.38 bits per heavy atom. The van der Waals surface area contributed by atoms with E-state index < -0.39 is 6.03 Å². The standard InChI is InChI=1S/C7H7N5O/c8-6(13)12-4-2-10-7(12)11-3-1-9-5-11/h1-5H,(H2,8,13). The Hall–Kier alpha value is -2.11. The summed E-state index contributed by atoms with van der Waals surface area (Å²) in [6.45, 7) is 0. The van der Waals surface area contributed by atoms with E-state index in [2.05, 4.69) is 9.97 Å². The maximum Gasteiger partial charge on any atom is 0.325 e. The summed E-state index contributed by atoms with van der Waals surface area (Å²) in [6, 6.07) is -0.568. The van der Waals surface area contributed by atoms with Gasteiger partial charge in [-0.2, -0.15) is 0 Å². The van der Waals surface area contributed by atoms with Crippen LogP contribution in [0.1, 0.15) is 0 Å². The average Bonchev–Trinajstić information content (AvgIpc) is 2.74. The number of rotatable bonds is 1. The largest absolute Gasteiger partial charge is 0.351 e. The molecule has 0 fully saturated rings. The van der Waals surface area contributed by atoms with Gasteiger partial charge in [0, 0.05) is 24.8 Å². The molecule has 2 N–H and O–H groups in total. The van der Waals surface area contributed by atoms with Gasteiger partial charge in [0.15, 0.2) is 0 Å². The number of primary amides is 1. The zero-order valence-corrected chi connectivity index (χ0v) is 6.66. The Morgan fingerprint density at radius 3 is 2.85 bits per heavy atom. The van der Waals surface area contributed by atoms with Crippen LogP contribution in [0.4, 0.5) is 4.79 Å². The van der Waals surface area contributed by atoms with Crippen molar-refractivity contribution in [2.75, 3.05) is 0 Å². The van der Waals surface area contributed by atoms with Crippen molar-refractivity contribution in [1.82, 2.24) is 19.1 Å². The maximum atomic E-state index is 10.9. The summed E-state index contributed by atoms with van der Waals surface area (Å²) in [5.41, 5.74) is 5.12. The second kappa shape index (κ2) is 2.74. The second-order valence-corrected chi connectivity index (χ2v) is 2.41. The molecule has 0 aliphatic rings. The summed E-state index contributed by atoms with van der Waals surface area (Å²) in [5.74, 6) is 0.435. The highest BCUT2D eigenvalue weighted by Crippen LogP contribution is 2.02. The summed E-state index contributed by atoms with van der Waals surface area (Å²) in [5, 5.41) is 0. The molecule has 0 spiro atoms. The molecule has 2 aromatic heterocycles. The first kappa shape index (κ1) is 7.53. The van der Waals surface area contributed by atoms with E-state index >= 15 is 0 Å². The van der Waals surface area contributed by atoms with Crippen molar-refractivity contribution in [3.05, 3.63) is 31.1 Å². The van der Waals surface area contributed by atoms with E-state index in [1.807, 2.05) is 0 Å². The number of aromatic nitrogens is 4. The number of nitrogens with zero attached hydrogens (tertiary/aromatic N) is 4. The zero-order chi connectivity index (χ0) is 9.26. The first-order chi connectivity index (χ1) is 6.29. The maximum absolute atomic E-state index is 10.9. The van der Waals surface area contributed by atoms with Gasteiger partial charge in [-0.25, -0.2) is 19.3 Å². The molecule has 13 heavy (non-hydrogen) atoms. The lowest BCUT2D eigenvalue weighted by molar-refractivity contribution is 0.250. The summed E-state index contributed by atoms with van der Waals surface area (Å²) < 4.78 is 2.84. The monoisotopic (exact) mass is 177 g/mol. The summed E-state index contributed by atoms with van der Waals surface area (Å²) in [4.78, 5) is 18.7. The smallest absolute Gasteiger partial charge is 0.325 e. The van der Waals surface area contributed by atoms with Gasteiger partial charge >= 0.3 is 6.03 Å². The minimum absolute atomic E-state index is 0.435. The van der Waals surface area contributed by atoms with Crippen LogP contribution in [0.5, 0.6) is 0 Å². The first-order valence-corrected chi connectivity index (χ1v) is 3.60. The zero-order valence-electron chi connectivity index (χ0n) is 6.66. The normalized spacial score (nSPS) is 10.2. The molecule has 6 nitrogen and oxygen atoms in total. The van der Waals surface area contributed by atoms with Crippen LogP contribution >= 0.6 is 0 Å². The fourth-order valence-electron chi connectivity index (χ4n) is 1.04. The second-order valence-electron chi connectivity index (χ2n) is 2.41. The van der Waals surface area contributed by atoms with Gasteiger partial charge in [0.1, 0.15) is 6.33 Å². The lowest BCUT2D eigenvalue weighted by Crippen LogP contribution is -2.21. The van der Waals surface area contributed by atoms with Crippen LogP contribution in [-0.2, 0) is 0 Å². The van der Waals surface area contributed by atoms with Gasteiger partial charge in [-0.15, -0.1) is 0 Å². The van der Waals surface area contributed by atoms with Crippen molar-refractivity contribution in [3.63, 3.8) is 0 Å². The molecule has 0 aromatic carbocycles. The molecule has 0 aliphatic carbocycles. The first-order valence-electron chi connectivity index (χ1n) is 3.60. The van der Waals surface area contributed by atoms with Crippen LogP contribution in [0.3, 0.4) is 0 Å². The fraction of sp³-hybridized carbons (Fsp3) is 0. The molecule has 6 heteroatoms. The van der Waals surface area contributed by atoms with Crippen LogP contribution in [0.2, 0.25) is 0 Å². The molecule has 0 saturated carbocycles. The van der Waals surface area contributed by atoms with Gasteiger partial charge < -0.3 is 5.73 Å². The lowest BCUT2D eigenvalue weighted by atomic mass is 10.8. The van der Waals surface area contributed by atoms with Crippen molar-refractivity contribution >= 4 is 6.03 Å². The Labute approximate surface area is 73.6 Å². The fourth-order valence-corrected chi connectivity index (χ4v) is 1.04. The molecule has 2 aromatic rings. The van der Waals surface area contributed by atoms with Crippen LogP contribution in [0.25, 0.3) is 5.95 Å². The third-order valence-corrected chi connectivity index (χ3v) is 1.59. The molecule has 0 bridgehead atoms. The minimum atomic E-state index is -0.568.